The molecule has 4 N–H and O–H groups in total. The van der Waals surface area contributed by atoms with E-state index in [1.807, 2.05) is 37.1 Å². The number of likely N-dealkylation sites (N-methyl/N-ethyl adjacent to an activating group) is 1. The lowest BCUT2D eigenvalue weighted by molar-refractivity contribution is -0.155. The lowest BCUT2D eigenvalue weighted by atomic mass is 9.83. The number of hydrazine groups is 1. The SMILES string of the molecule is CCn1c(-c2cccnc2C(C)C)c2c3cc(ccc31)-c1cc(O)cc(c1)C[C@H](NC(=O)[C@H](C(C)C)N(C)C(=O)[C@H]1C[C@H]3CC[C@@H](C1)N3C(=O)[C@@H]1CN1)C(=O)N1CCC[C@H](N1)C(=O)OCC(C)(C)C2. The largest absolute Gasteiger partial charge is 0.508 e. The van der Waals surface area contributed by atoms with Crippen LogP contribution >= 0.6 is 0 Å². The number of nitrogens with one attached hydrogen (secondary N) is 3. The number of aromatic hydroxyl groups is 1. The van der Waals surface area contributed by atoms with Crippen molar-refractivity contribution in [1.29, 1.82) is 0 Å². The number of benzene rings is 2. The van der Waals surface area contributed by atoms with E-state index in [2.05, 4.69) is 79.5 Å². The number of hydrogen-bond acceptors (Lipinski definition) is 10. The Kier molecular flexibility index (Phi) is 13.4. The first-order valence-electron chi connectivity index (χ1n) is 25.2. The van der Waals surface area contributed by atoms with Gasteiger partial charge in [0, 0.05) is 79.2 Å². The molecule has 0 radical (unpaired) electrons. The number of piperidine rings is 1. The van der Waals surface area contributed by atoms with Crippen molar-refractivity contribution < 1.29 is 33.8 Å². The van der Waals surface area contributed by atoms with Gasteiger partial charge >= 0.3 is 5.97 Å². The fourth-order valence-corrected chi connectivity index (χ4v) is 11.9. The molecular formula is C54H70N8O7. The van der Waals surface area contributed by atoms with E-state index in [4.69, 9.17) is 9.72 Å². The summed E-state index contributed by atoms with van der Waals surface area (Å²) in [4.78, 5) is 79.5. The average Bonchev–Trinajstić information content (AvgIpc) is 4.09. The van der Waals surface area contributed by atoms with Gasteiger partial charge in [-0.2, -0.15) is 0 Å². The molecule has 5 aliphatic rings. The first kappa shape index (κ1) is 48.2. The maximum atomic E-state index is 14.8. The van der Waals surface area contributed by atoms with Crippen molar-refractivity contribution in [3.8, 4) is 28.1 Å². The van der Waals surface area contributed by atoms with Gasteiger partial charge in [-0.3, -0.25) is 34.0 Å². The highest BCUT2D eigenvalue weighted by atomic mass is 16.5. The number of nitrogens with zero attached hydrogens (tertiary/aromatic N) is 5. The van der Waals surface area contributed by atoms with Crippen LogP contribution in [0.25, 0.3) is 33.3 Å². The molecule has 4 amide bonds. The second-order valence-electron chi connectivity index (χ2n) is 21.7. The highest BCUT2D eigenvalue weighted by molar-refractivity contribution is 5.96. The molecule has 368 valence electrons. The molecular weight excluding hydrogens is 873 g/mol. The molecule has 2 aromatic carbocycles. The van der Waals surface area contributed by atoms with Gasteiger partial charge < -0.3 is 34.8 Å². The molecule has 4 fully saturated rings. The summed E-state index contributed by atoms with van der Waals surface area (Å²) in [7, 11) is 1.66. The summed E-state index contributed by atoms with van der Waals surface area (Å²) in [5, 5.41) is 20.0. The van der Waals surface area contributed by atoms with E-state index >= 15 is 0 Å². The standard InChI is InChI=1S/C54H70N8O7/c1-9-60-45-17-14-33-26-40(45)41(48(60)39-12-10-18-55-46(39)30(2)3)27-54(6,7)29-69-53(68)42-13-11-19-61(58-42)51(66)43(22-32-20-34(33)25-38(63)21-32)57-49(64)47(31(4)5)59(8)50(65)35-23-36-15-16-37(24-35)62(36)52(67)44-28-56-44/h10,12,14,17-18,20-21,25-26,30-31,35-37,42-44,47,56,58,63H,9,11,13,15-16,19,22-24,27-29H2,1-8H3,(H,57,64)/t35-,36+,37-,42-,43-,44-,47-/m0/s1. The molecule has 8 bridgehead atoms. The number of aryl methyl sites for hydroxylation is 1. The minimum Gasteiger partial charge on any atom is -0.508 e. The van der Waals surface area contributed by atoms with E-state index in [-0.39, 0.29) is 66.5 Å². The highest BCUT2D eigenvalue weighted by Crippen LogP contribution is 2.43. The zero-order chi connectivity index (χ0) is 49.1. The molecule has 15 nitrogen and oxygen atoms in total. The molecule has 69 heavy (non-hydrogen) atoms. The van der Waals surface area contributed by atoms with Gasteiger partial charge in [-0.25, -0.2) is 5.43 Å². The maximum absolute atomic E-state index is 14.8. The molecule has 2 aromatic heterocycles. The fourth-order valence-electron chi connectivity index (χ4n) is 11.9. The lowest BCUT2D eigenvalue weighted by Gasteiger charge is -2.41. The molecule has 4 saturated heterocycles. The summed E-state index contributed by atoms with van der Waals surface area (Å²) in [6.45, 7) is 16.3. The number of phenolic OH excluding ortho intramolecular Hbond substituents is 1. The molecule has 0 spiro atoms. The van der Waals surface area contributed by atoms with E-state index in [1.54, 1.807) is 19.2 Å². The maximum Gasteiger partial charge on any atom is 0.324 e. The van der Waals surface area contributed by atoms with Crippen molar-refractivity contribution in [2.45, 2.75) is 149 Å². The molecule has 0 aliphatic carbocycles. The summed E-state index contributed by atoms with van der Waals surface area (Å²) in [5.74, 6) is -1.87. The third-order valence-electron chi connectivity index (χ3n) is 15.2. The second kappa shape index (κ2) is 19.2. The Morgan fingerprint density at radius 3 is 2.42 bits per heavy atom. The Morgan fingerprint density at radius 1 is 1.00 bits per heavy atom. The van der Waals surface area contributed by atoms with Crippen LogP contribution in [0.4, 0.5) is 0 Å². The van der Waals surface area contributed by atoms with Crippen LogP contribution in [0.3, 0.4) is 0 Å². The third-order valence-corrected chi connectivity index (χ3v) is 15.2. The molecule has 7 atom stereocenters. The van der Waals surface area contributed by atoms with Gasteiger partial charge in [0.1, 0.15) is 23.9 Å². The average molecular weight is 943 g/mol. The van der Waals surface area contributed by atoms with E-state index in [1.165, 1.54) is 9.91 Å². The lowest BCUT2D eigenvalue weighted by Crippen LogP contribution is -2.62. The number of aromatic nitrogens is 2. The number of fused-ring (bicyclic) bond motifs is 8. The Labute approximate surface area is 405 Å². The number of hydrogen-bond donors (Lipinski definition) is 4. The van der Waals surface area contributed by atoms with Gasteiger partial charge in [0.25, 0.3) is 5.91 Å². The Morgan fingerprint density at radius 2 is 1.74 bits per heavy atom. The molecule has 5 aliphatic heterocycles. The summed E-state index contributed by atoms with van der Waals surface area (Å²) in [6, 6.07) is 12.8. The van der Waals surface area contributed by atoms with Crippen molar-refractivity contribution in [2.24, 2.45) is 17.3 Å². The van der Waals surface area contributed by atoms with Crippen molar-refractivity contribution in [1.82, 2.24) is 40.4 Å². The van der Waals surface area contributed by atoms with Crippen LogP contribution in [-0.2, 0) is 48.1 Å². The van der Waals surface area contributed by atoms with Gasteiger partial charge in [-0.1, -0.05) is 53.7 Å². The van der Waals surface area contributed by atoms with Gasteiger partial charge in [-0.15, -0.1) is 0 Å². The monoisotopic (exact) mass is 943 g/mol. The Balaban J connectivity index is 1.07. The normalized spacial score (nSPS) is 25.1. The predicted octanol–water partition coefficient (Wildman–Crippen LogP) is 6.09. The molecule has 0 saturated carbocycles. The fraction of sp³-hybridized carbons (Fsp3) is 0.556. The summed E-state index contributed by atoms with van der Waals surface area (Å²) >= 11 is 0. The van der Waals surface area contributed by atoms with Crippen LogP contribution in [0.15, 0.2) is 54.7 Å². The Hall–Kier alpha value is -5.80. The number of phenols is 1. The van der Waals surface area contributed by atoms with Crippen molar-refractivity contribution in [2.75, 3.05) is 26.7 Å². The summed E-state index contributed by atoms with van der Waals surface area (Å²) < 4.78 is 8.48. The summed E-state index contributed by atoms with van der Waals surface area (Å²) in [5.41, 5.74) is 10.2. The molecule has 4 aromatic rings. The first-order valence-corrected chi connectivity index (χ1v) is 25.2. The minimum absolute atomic E-state index is 0.00225. The van der Waals surface area contributed by atoms with Crippen LogP contribution in [-0.4, -0.2) is 122 Å². The highest BCUT2D eigenvalue weighted by Gasteiger charge is 2.49. The molecule has 0 unspecified atom stereocenters. The quantitative estimate of drug-likeness (QED) is 0.113. The second-order valence-corrected chi connectivity index (χ2v) is 21.7. The minimum atomic E-state index is -1.14. The number of ether oxygens (including phenoxy) is 1. The van der Waals surface area contributed by atoms with Crippen LogP contribution in [0, 0.1) is 17.3 Å². The number of rotatable bonds is 9. The topological polar surface area (TPSA) is 188 Å². The van der Waals surface area contributed by atoms with E-state index in [0.717, 1.165) is 57.4 Å². The number of cyclic esters (lactones) is 1. The van der Waals surface area contributed by atoms with E-state index in [9.17, 15) is 29.1 Å². The zero-order valence-electron chi connectivity index (χ0n) is 41.5. The zero-order valence-corrected chi connectivity index (χ0v) is 41.5. The van der Waals surface area contributed by atoms with Crippen molar-refractivity contribution in [3.63, 3.8) is 0 Å². The van der Waals surface area contributed by atoms with E-state index in [0.29, 0.717) is 57.3 Å². The number of carbonyl (C=O) groups is 5. The van der Waals surface area contributed by atoms with Crippen LogP contribution < -0.4 is 16.1 Å². The Bertz CT molecular complexity index is 2640. The number of pyridine rings is 1. The van der Waals surface area contributed by atoms with Gasteiger partial charge in [-0.05, 0) is 122 Å². The summed E-state index contributed by atoms with van der Waals surface area (Å²) in [6.07, 6.45) is 6.26. The molecule has 15 heteroatoms. The van der Waals surface area contributed by atoms with Gasteiger partial charge in [0.2, 0.25) is 17.7 Å². The number of amides is 4. The predicted molar refractivity (Wildman–Crippen MR) is 264 cm³/mol. The van der Waals surface area contributed by atoms with Crippen molar-refractivity contribution >= 4 is 40.5 Å². The molecule has 9 rings (SSSR count). The van der Waals surface area contributed by atoms with Gasteiger partial charge in [0.05, 0.1) is 24.0 Å². The smallest absolute Gasteiger partial charge is 0.324 e. The third kappa shape index (κ3) is 9.60. The van der Waals surface area contributed by atoms with Gasteiger partial charge in [0.15, 0.2) is 0 Å². The van der Waals surface area contributed by atoms with Crippen LogP contribution in [0.1, 0.15) is 110 Å². The number of esters is 1. The first-order chi connectivity index (χ1) is 32.9. The molecule has 7 heterocycles. The van der Waals surface area contributed by atoms with Crippen LogP contribution in [0.2, 0.25) is 0 Å². The van der Waals surface area contributed by atoms with E-state index < -0.39 is 41.3 Å². The number of carbonyl (C=O) groups excluding carboxylic acids is 5. The van der Waals surface area contributed by atoms with Crippen LogP contribution in [0.5, 0.6) is 5.75 Å². The van der Waals surface area contributed by atoms with Crippen molar-refractivity contribution in [3.05, 3.63) is 71.5 Å².